The van der Waals surface area contributed by atoms with Crippen molar-refractivity contribution in [1.29, 1.82) is 0 Å². The van der Waals surface area contributed by atoms with Crippen LogP contribution in [-0.4, -0.2) is 52.1 Å². The zero-order valence-electron chi connectivity index (χ0n) is 16.9. The number of nitrogens with zero attached hydrogens (tertiary/aromatic N) is 4. The normalized spacial score (nSPS) is 16.5. The van der Waals surface area contributed by atoms with Gasteiger partial charge in [0.05, 0.1) is 6.20 Å². The van der Waals surface area contributed by atoms with Crippen LogP contribution in [0.15, 0.2) is 73.2 Å². The number of amides is 1. The Morgan fingerprint density at radius 2 is 1.80 bits per heavy atom. The maximum atomic E-state index is 13.0. The number of hydrogen-bond acceptors (Lipinski definition) is 4. The predicted molar refractivity (Wildman–Crippen MR) is 118 cm³/mol. The standard InChI is InChI=1S/C24H25N5O/c30-24(28-14-12-27(13-15-28)18-19-16-25-26-17-19)21-7-9-22(10-8-21)29-11-3-5-20-4-1-2-6-23(20)29/h1-4,6-11,16-17H,5,12-15,18H2,(H,25,26). The van der Waals surface area contributed by atoms with Gasteiger partial charge in [0.1, 0.15) is 0 Å². The number of aromatic nitrogens is 2. The molecule has 1 amide bonds. The molecular formula is C24H25N5O. The number of aromatic amines is 1. The fourth-order valence-electron chi connectivity index (χ4n) is 4.19. The zero-order chi connectivity index (χ0) is 20.3. The molecule has 0 atom stereocenters. The summed E-state index contributed by atoms with van der Waals surface area (Å²) in [6.45, 7) is 4.13. The number of hydrogen-bond donors (Lipinski definition) is 1. The Morgan fingerprint density at radius 1 is 1.00 bits per heavy atom. The number of fused-ring (bicyclic) bond motifs is 1. The average molecular weight is 399 g/mol. The minimum Gasteiger partial charge on any atom is -0.336 e. The first-order valence-corrected chi connectivity index (χ1v) is 10.4. The van der Waals surface area contributed by atoms with Crippen LogP contribution in [0, 0.1) is 0 Å². The Labute approximate surface area is 176 Å². The molecule has 0 radical (unpaired) electrons. The van der Waals surface area contributed by atoms with E-state index in [0.717, 1.165) is 50.4 Å². The van der Waals surface area contributed by atoms with Gasteiger partial charge >= 0.3 is 0 Å². The smallest absolute Gasteiger partial charge is 0.253 e. The van der Waals surface area contributed by atoms with Crippen LogP contribution in [0.5, 0.6) is 0 Å². The average Bonchev–Trinajstić information content (AvgIpc) is 3.32. The highest BCUT2D eigenvalue weighted by atomic mass is 16.2. The number of rotatable bonds is 4. The molecule has 1 fully saturated rings. The molecule has 6 nitrogen and oxygen atoms in total. The fourth-order valence-corrected chi connectivity index (χ4v) is 4.19. The van der Waals surface area contributed by atoms with Gasteiger partial charge in [0.25, 0.3) is 5.91 Å². The largest absolute Gasteiger partial charge is 0.336 e. The summed E-state index contributed by atoms with van der Waals surface area (Å²) >= 11 is 0. The number of allylic oxidation sites excluding steroid dienone is 1. The highest BCUT2D eigenvalue weighted by Gasteiger charge is 2.23. The number of carbonyl (C=O) groups is 1. The molecule has 2 aliphatic rings. The quantitative estimate of drug-likeness (QED) is 0.729. The molecule has 1 aromatic heterocycles. The van der Waals surface area contributed by atoms with Crippen LogP contribution in [0.4, 0.5) is 11.4 Å². The van der Waals surface area contributed by atoms with E-state index in [0.29, 0.717) is 0 Å². The minimum absolute atomic E-state index is 0.110. The summed E-state index contributed by atoms with van der Waals surface area (Å²) in [5.74, 6) is 0.110. The molecule has 0 aliphatic carbocycles. The van der Waals surface area contributed by atoms with Crippen LogP contribution in [-0.2, 0) is 13.0 Å². The summed E-state index contributed by atoms with van der Waals surface area (Å²) < 4.78 is 0. The van der Waals surface area contributed by atoms with Crippen molar-refractivity contribution in [2.75, 3.05) is 31.1 Å². The van der Waals surface area contributed by atoms with Crippen molar-refractivity contribution in [2.24, 2.45) is 0 Å². The molecule has 2 aliphatic heterocycles. The molecule has 1 saturated heterocycles. The van der Waals surface area contributed by atoms with E-state index in [1.807, 2.05) is 41.6 Å². The van der Waals surface area contributed by atoms with E-state index in [2.05, 4.69) is 56.5 Å². The first kappa shape index (κ1) is 18.6. The topological polar surface area (TPSA) is 55.5 Å². The molecule has 30 heavy (non-hydrogen) atoms. The third-order valence-electron chi connectivity index (χ3n) is 5.86. The molecule has 0 unspecified atom stereocenters. The number of carbonyl (C=O) groups excluding carboxylic acids is 1. The van der Waals surface area contributed by atoms with E-state index < -0.39 is 0 Å². The van der Waals surface area contributed by atoms with Crippen LogP contribution >= 0.6 is 0 Å². The van der Waals surface area contributed by atoms with E-state index in [-0.39, 0.29) is 5.91 Å². The summed E-state index contributed by atoms with van der Waals surface area (Å²) in [7, 11) is 0. The lowest BCUT2D eigenvalue weighted by molar-refractivity contribution is 0.0628. The SMILES string of the molecule is O=C(c1ccc(N2C=CCc3ccccc32)cc1)N1CCN(Cc2cn[nH]c2)CC1. The molecule has 2 aromatic carbocycles. The number of anilines is 2. The van der Waals surface area contributed by atoms with Gasteiger partial charge in [-0.3, -0.25) is 14.8 Å². The fraction of sp³-hybridized carbons (Fsp3) is 0.250. The van der Waals surface area contributed by atoms with Crippen molar-refractivity contribution in [3.8, 4) is 0 Å². The first-order chi connectivity index (χ1) is 14.8. The number of benzene rings is 2. The highest BCUT2D eigenvalue weighted by Crippen LogP contribution is 2.32. The monoisotopic (exact) mass is 399 g/mol. The van der Waals surface area contributed by atoms with Crippen LogP contribution in [0.25, 0.3) is 0 Å². The van der Waals surface area contributed by atoms with Crippen molar-refractivity contribution in [1.82, 2.24) is 20.0 Å². The van der Waals surface area contributed by atoms with Gasteiger partial charge in [-0.1, -0.05) is 24.3 Å². The van der Waals surface area contributed by atoms with Crippen LogP contribution < -0.4 is 4.90 Å². The van der Waals surface area contributed by atoms with Crippen LogP contribution in [0.3, 0.4) is 0 Å². The van der Waals surface area contributed by atoms with Crippen LogP contribution in [0.1, 0.15) is 21.5 Å². The van der Waals surface area contributed by atoms with Gasteiger partial charge in [-0.2, -0.15) is 5.10 Å². The predicted octanol–water partition coefficient (Wildman–Crippen LogP) is 3.58. The Hall–Kier alpha value is -3.38. The molecule has 0 bridgehead atoms. The second-order valence-corrected chi connectivity index (χ2v) is 7.81. The number of H-pyrrole nitrogens is 1. The van der Waals surface area contributed by atoms with E-state index in [4.69, 9.17) is 0 Å². The lowest BCUT2D eigenvalue weighted by Crippen LogP contribution is -2.48. The van der Waals surface area contributed by atoms with Crippen LogP contribution in [0.2, 0.25) is 0 Å². The van der Waals surface area contributed by atoms with Crippen molar-refractivity contribution >= 4 is 17.3 Å². The Bertz CT molecular complexity index is 1030. The Balaban J connectivity index is 1.23. The number of nitrogens with one attached hydrogen (secondary N) is 1. The van der Waals surface area contributed by atoms with Gasteiger partial charge in [0.15, 0.2) is 0 Å². The first-order valence-electron chi connectivity index (χ1n) is 10.4. The van der Waals surface area contributed by atoms with Gasteiger partial charge in [-0.15, -0.1) is 0 Å². The molecule has 0 spiro atoms. The minimum atomic E-state index is 0.110. The van der Waals surface area contributed by atoms with Gasteiger partial charge in [0, 0.05) is 67.6 Å². The molecule has 3 aromatic rings. The highest BCUT2D eigenvalue weighted by molar-refractivity contribution is 5.94. The summed E-state index contributed by atoms with van der Waals surface area (Å²) in [4.78, 5) is 19.5. The summed E-state index contributed by atoms with van der Waals surface area (Å²) in [5.41, 5.74) is 5.51. The summed E-state index contributed by atoms with van der Waals surface area (Å²) in [5, 5.41) is 6.85. The van der Waals surface area contributed by atoms with E-state index in [1.54, 1.807) is 0 Å². The Morgan fingerprint density at radius 3 is 2.57 bits per heavy atom. The molecule has 1 N–H and O–H groups in total. The molecule has 5 rings (SSSR count). The molecule has 152 valence electrons. The number of para-hydroxylation sites is 1. The van der Waals surface area contributed by atoms with Crippen molar-refractivity contribution < 1.29 is 4.79 Å². The number of piperazine rings is 1. The Kier molecular flexibility index (Phi) is 5.07. The molecule has 0 saturated carbocycles. The third-order valence-corrected chi connectivity index (χ3v) is 5.86. The maximum absolute atomic E-state index is 13.0. The maximum Gasteiger partial charge on any atom is 0.253 e. The second kappa shape index (κ2) is 8.16. The summed E-state index contributed by atoms with van der Waals surface area (Å²) in [6, 6.07) is 16.4. The van der Waals surface area contributed by atoms with E-state index in [9.17, 15) is 4.79 Å². The van der Waals surface area contributed by atoms with Gasteiger partial charge in [-0.05, 0) is 42.3 Å². The van der Waals surface area contributed by atoms with Gasteiger partial charge in [0.2, 0.25) is 0 Å². The molecule has 6 heteroatoms. The lowest BCUT2D eigenvalue weighted by atomic mass is 10.0. The van der Waals surface area contributed by atoms with Crippen molar-refractivity contribution in [2.45, 2.75) is 13.0 Å². The summed E-state index contributed by atoms with van der Waals surface area (Å²) in [6.07, 6.45) is 9.02. The second-order valence-electron chi connectivity index (χ2n) is 7.81. The van der Waals surface area contributed by atoms with E-state index in [1.165, 1.54) is 16.8 Å². The molecule has 3 heterocycles. The van der Waals surface area contributed by atoms with E-state index >= 15 is 0 Å². The zero-order valence-corrected chi connectivity index (χ0v) is 16.9. The van der Waals surface area contributed by atoms with Gasteiger partial charge in [-0.25, -0.2) is 0 Å². The molecular weight excluding hydrogens is 374 g/mol. The van der Waals surface area contributed by atoms with Gasteiger partial charge < -0.3 is 9.80 Å². The van der Waals surface area contributed by atoms with Crippen molar-refractivity contribution in [3.63, 3.8) is 0 Å². The van der Waals surface area contributed by atoms with Crippen molar-refractivity contribution in [3.05, 3.63) is 89.9 Å². The lowest BCUT2D eigenvalue weighted by Gasteiger charge is -2.34. The third kappa shape index (κ3) is 3.74.